The number of hydrogen-bond acceptors (Lipinski definition) is 5. The van der Waals surface area contributed by atoms with Crippen LogP contribution in [0.15, 0.2) is 48.5 Å². The van der Waals surface area contributed by atoms with Crippen LogP contribution in [0, 0.1) is 10.1 Å². The molecule has 0 spiro atoms. The third-order valence-corrected chi connectivity index (χ3v) is 3.48. The number of benzene rings is 2. The first kappa shape index (κ1) is 26.4. The lowest BCUT2D eigenvalue weighted by Crippen LogP contribution is -2.28. The second kappa shape index (κ2) is 10.3. The third-order valence-electron chi connectivity index (χ3n) is 3.48. The Morgan fingerprint density at radius 3 is 1.35 bits per heavy atom. The van der Waals surface area contributed by atoms with Crippen molar-refractivity contribution in [3.05, 3.63) is 69.8 Å². The quantitative estimate of drug-likeness (QED) is 0.405. The fourth-order valence-corrected chi connectivity index (χ4v) is 1.93. The molecule has 2 rings (SSSR count). The van der Waals surface area contributed by atoms with E-state index in [1.165, 1.54) is 12.1 Å². The van der Waals surface area contributed by atoms with Gasteiger partial charge in [-0.3, -0.25) is 10.1 Å². The van der Waals surface area contributed by atoms with E-state index in [0.717, 1.165) is 16.8 Å². The maximum Gasteiger partial charge on any atom is 0.269 e. The van der Waals surface area contributed by atoms with Gasteiger partial charge in [-0.15, -0.1) is 24.8 Å². The van der Waals surface area contributed by atoms with Gasteiger partial charge in [-0.25, -0.2) is 0 Å². The molecule has 0 fully saturated rings. The topological polar surface area (TPSA) is 121 Å². The van der Waals surface area contributed by atoms with Crippen LogP contribution in [0.5, 0.6) is 0 Å². The number of non-ortho nitro benzene ring substituents is 1. The van der Waals surface area contributed by atoms with Gasteiger partial charge in [0.2, 0.25) is 0 Å². The van der Waals surface area contributed by atoms with E-state index in [-0.39, 0.29) is 36.0 Å². The maximum absolute atomic E-state index is 10.3. The van der Waals surface area contributed by atoms with E-state index in [1.807, 2.05) is 52.0 Å². The van der Waals surface area contributed by atoms with E-state index in [1.54, 1.807) is 12.1 Å². The Balaban J connectivity index is 0. The summed E-state index contributed by atoms with van der Waals surface area (Å²) in [5, 5.41) is 10.3. The van der Waals surface area contributed by atoms with Crippen molar-refractivity contribution in [3.8, 4) is 0 Å². The Kier molecular flexibility index (Phi) is 10.5. The fraction of sp³-hybridized carbons (Fsp3) is 0.333. The molecule has 26 heavy (non-hydrogen) atoms. The number of rotatable bonds is 3. The lowest BCUT2D eigenvalue weighted by atomic mass is 9.96. The Labute approximate surface area is 167 Å². The van der Waals surface area contributed by atoms with Crippen LogP contribution in [-0.2, 0) is 11.1 Å². The summed E-state index contributed by atoms with van der Waals surface area (Å²) in [4.78, 5) is 9.91. The smallest absolute Gasteiger partial charge is 0.269 e. The molecule has 0 saturated carbocycles. The van der Waals surface area contributed by atoms with E-state index in [0.29, 0.717) is 0 Å². The van der Waals surface area contributed by atoms with E-state index >= 15 is 0 Å². The van der Waals surface area contributed by atoms with Crippen LogP contribution < -0.4 is 17.2 Å². The molecule has 0 aliphatic carbocycles. The lowest BCUT2D eigenvalue weighted by molar-refractivity contribution is -0.384. The van der Waals surface area contributed by atoms with E-state index in [4.69, 9.17) is 17.2 Å². The van der Waals surface area contributed by atoms with Gasteiger partial charge in [0.05, 0.1) is 4.92 Å². The summed E-state index contributed by atoms with van der Waals surface area (Å²) in [6, 6.07) is 13.9. The number of nitro groups is 1. The van der Waals surface area contributed by atoms with Crippen molar-refractivity contribution < 1.29 is 4.92 Å². The zero-order valence-corrected chi connectivity index (χ0v) is 17.1. The molecule has 146 valence electrons. The first-order valence-corrected chi connectivity index (χ1v) is 7.60. The second-order valence-corrected chi connectivity index (χ2v) is 6.87. The number of nitrogen functional groups attached to an aromatic ring is 1. The highest BCUT2D eigenvalue weighted by molar-refractivity contribution is 5.85. The molecule has 0 aliphatic rings. The first-order valence-electron chi connectivity index (χ1n) is 7.60. The summed E-state index contributed by atoms with van der Waals surface area (Å²) < 4.78 is 0. The highest BCUT2D eigenvalue weighted by atomic mass is 35.5. The monoisotopic (exact) mass is 402 g/mol. The zero-order chi connectivity index (χ0) is 18.5. The highest BCUT2D eigenvalue weighted by Crippen LogP contribution is 2.20. The van der Waals surface area contributed by atoms with Crippen LogP contribution in [0.25, 0.3) is 0 Å². The molecule has 6 N–H and O–H groups in total. The van der Waals surface area contributed by atoms with Gasteiger partial charge in [0.25, 0.3) is 5.69 Å². The molecule has 0 saturated heterocycles. The standard InChI is InChI=1S/C9H12N2O2.C9H14N2.2ClH/c1-9(2,10)7-3-5-8(6-4-7)11(12)13;1-9(2,11)7-3-5-8(10)6-4-7;;/h3-6H,10H2,1-2H3;3-6H,10-11H2,1-2H3;2*1H. The largest absolute Gasteiger partial charge is 0.399 e. The molecule has 0 radical (unpaired) electrons. The number of hydrogen-bond donors (Lipinski definition) is 3. The van der Waals surface area contributed by atoms with Gasteiger partial charge in [0, 0.05) is 28.9 Å². The van der Waals surface area contributed by atoms with Crippen molar-refractivity contribution in [3.63, 3.8) is 0 Å². The number of halogens is 2. The Bertz CT molecular complexity index is 676. The predicted molar refractivity (Wildman–Crippen MR) is 113 cm³/mol. The van der Waals surface area contributed by atoms with Crippen molar-refractivity contribution in [1.29, 1.82) is 0 Å². The normalized spacial score (nSPS) is 10.5. The van der Waals surface area contributed by atoms with Gasteiger partial charge in [-0.05, 0) is 51.0 Å². The summed E-state index contributed by atoms with van der Waals surface area (Å²) in [6.45, 7) is 7.65. The molecule has 2 aromatic carbocycles. The second-order valence-electron chi connectivity index (χ2n) is 6.87. The number of nitro benzene ring substituents is 1. The van der Waals surface area contributed by atoms with Gasteiger partial charge < -0.3 is 17.2 Å². The average molecular weight is 403 g/mol. The van der Waals surface area contributed by atoms with E-state index in [9.17, 15) is 10.1 Å². The maximum atomic E-state index is 10.3. The molecular weight excluding hydrogens is 375 g/mol. The van der Waals surface area contributed by atoms with Gasteiger partial charge in [-0.1, -0.05) is 24.3 Å². The molecule has 6 nitrogen and oxygen atoms in total. The Morgan fingerprint density at radius 2 is 1.08 bits per heavy atom. The van der Waals surface area contributed by atoms with Crippen molar-refractivity contribution in [2.24, 2.45) is 11.5 Å². The molecule has 0 amide bonds. The molecule has 0 bridgehead atoms. The Morgan fingerprint density at radius 1 is 0.769 bits per heavy atom. The summed E-state index contributed by atoms with van der Waals surface area (Å²) in [5.74, 6) is 0. The fourth-order valence-electron chi connectivity index (χ4n) is 1.93. The average Bonchev–Trinajstić information content (AvgIpc) is 2.46. The molecule has 0 aliphatic heterocycles. The van der Waals surface area contributed by atoms with Crippen LogP contribution >= 0.6 is 24.8 Å². The molecule has 2 aromatic rings. The van der Waals surface area contributed by atoms with Gasteiger partial charge in [-0.2, -0.15) is 0 Å². The van der Waals surface area contributed by atoms with E-state index in [2.05, 4.69) is 0 Å². The molecule has 8 heteroatoms. The van der Waals surface area contributed by atoms with Crippen molar-refractivity contribution in [1.82, 2.24) is 0 Å². The third kappa shape index (κ3) is 8.49. The molecule has 0 heterocycles. The Hall–Kier alpha value is -1.86. The van der Waals surface area contributed by atoms with Crippen molar-refractivity contribution >= 4 is 36.2 Å². The van der Waals surface area contributed by atoms with Crippen LogP contribution in [0.4, 0.5) is 11.4 Å². The van der Waals surface area contributed by atoms with Crippen LogP contribution in [-0.4, -0.2) is 4.92 Å². The predicted octanol–water partition coefficient (Wildman–Crippen LogP) is 4.09. The SMILES string of the molecule is CC(C)(N)c1ccc(N)cc1.CC(C)(N)c1ccc([N+](=O)[O-])cc1.Cl.Cl. The minimum absolute atomic E-state index is 0. The number of nitrogens with zero attached hydrogens (tertiary/aromatic N) is 1. The summed E-state index contributed by atoms with van der Waals surface area (Å²) in [5.41, 5.74) is 19.3. The summed E-state index contributed by atoms with van der Waals surface area (Å²) in [6.07, 6.45) is 0. The molecule has 0 atom stereocenters. The van der Waals surface area contributed by atoms with Crippen molar-refractivity contribution in [2.45, 2.75) is 38.8 Å². The van der Waals surface area contributed by atoms with Crippen LogP contribution in [0.1, 0.15) is 38.8 Å². The minimum Gasteiger partial charge on any atom is -0.399 e. The molecule has 0 unspecified atom stereocenters. The summed E-state index contributed by atoms with van der Waals surface area (Å²) >= 11 is 0. The van der Waals surface area contributed by atoms with Crippen LogP contribution in [0.3, 0.4) is 0 Å². The van der Waals surface area contributed by atoms with Crippen LogP contribution in [0.2, 0.25) is 0 Å². The number of anilines is 1. The lowest BCUT2D eigenvalue weighted by Gasteiger charge is -2.18. The van der Waals surface area contributed by atoms with Gasteiger partial charge in [0.1, 0.15) is 0 Å². The van der Waals surface area contributed by atoms with Gasteiger partial charge in [0.15, 0.2) is 0 Å². The van der Waals surface area contributed by atoms with Crippen molar-refractivity contribution in [2.75, 3.05) is 5.73 Å². The minimum atomic E-state index is -0.449. The first-order chi connectivity index (χ1) is 10.9. The van der Waals surface area contributed by atoms with Gasteiger partial charge >= 0.3 is 0 Å². The molecular formula is C18H28Cl2N4O2. The molecule has 0 aromatic heterocycles. The summed E-state index contributed by atoms with van der Waals surface area (Å²) in [7, 11) is 0. The highest BCUT2D eigenvalue weighted by Gasteiger charge is 2.15. The van der Waals surface area contributed by atoms with E-state index < -0.39 is 10.5 Å². The number of nitrogens with two attached hydrogens (primary N) is 3. The zero-order valence-electron chi connectivity index (χ0n) is 15.4.